The molecular formula is C18H19FN2O2. The molecule has 0 bridgehead atoms. The van der Waals surface area contributed by atoms with E-state index < -0.39 is 17.6 Å². The molecule has 0 spiro atoms. The normalized spacial score (nSPS) is 11.0. The molecule has 4 nitrogen and oxygen atoms in total. The summed E-state index contributed by atoms with van der Waals surface area (Å²) in [6.07, 6.45) is 0. The van der Waals surface area contributed by atoms with Crippen LogP contribution < -0.4 is 10.6 Å². The van der Waals surface area contributed by atoms with Crippen LogP contribution in [0.3, 0.4) is 0 Å². The largest absolute Gasteiger partial charge is 0.318 e. The van der Waals surface area contributed by atoms with Crippen molar-refractivity contribution in [3.63, 3.8) is 0 Å². The Kier molecular flexibility index (Phi) is 4.79. The Balaban J connectivity index is 2.10. The molecule has 0 saturated heterocycles. The lowest BCUT2D eigenvalue weighted by atomic mass is 9.86. The number of hydrogen-bond donors (Lipinski definition) is 2. The van der Waals surface area contributed by atoms with Gasteiger partial charge in [0.15, 0.2) is 0 Å². The number of benzene rings is 2. The number of anilines is 2. The smallest absolute Gasteiger partial charge is 0.314 e. The summed E-state index contributed by atoms with van der Waals surface area (Å²) in [4.78, 5) is 24.0. The van der Waals surface area contributed by atoms with E-state index in [1.165, 1.54) is 24.3 Å². The first-order valence-corrected chi connectivity index (χ1v) is 7.25. The van der Waals surface area contributed by atoms with E-state index in [4.69, 9.17) is 0 Å². The molecule has 120 valence electrons. The van der Waals surface area contributed by atoms with Crippen LogP contribution in [0.2, 0.25) is 0 Å². The van der Waals surface area contributed by atoms with Crippen molar-refractivity contribution >= 4 is 23.2 Å². The molecule has 0 unspecified atom stereocenters. The second-order valence-corrected chi connectivity index (χ2v) is 6.21. The minimum atomic E-state index is -0.805. The van der Waals surface area contributed by atoms with Crippen LogP contribution in [0.4, 0.5) is 15.8 Å². The van der Waals surface area contributed by atoms with E-state index in [2.05, 4.69) is 10.6 Å². The zero-order valence-electron chi connectivity index (χ0n) is 13.3. The molecule has 2 aromatic rings. The van der Waals surface area contributed by atoms with Gasteiger partial charge in [0.1, 0.15) is 5.82 Å². The van der Waals surface area contributed by atoms with Crippen LogP contribution in [0, 0.1) is 5.82 Å². The number of rotatable bonds is 2. The van der Waals surface area contributed by atoms with E-state index in [0.29, 0.717) is 11.4 Å². The number of halogens is 1. The molecule has 2 N–H and O–H groups in total. The summed E-state index contributed by atoms with van der Waals surface area (Å²) in [6.45, 7) is 6.07. The summed E-state index contributed by atoms with van der Waals surface area (Å²) in [7, 11) is 0. The van der Waals surface area contributed by atoms with Gasteiger partial charge >= 0.3 is 11.8 Å². The van der Waals surface area contributed by atoms with E-state index in [0.717, 1.165) is 5.56 Å². The van der Waals surface area contributed by atoms with E-state index in [-0.39, 0.29) is 5.41 Å². The first-order valence-electron chi connectivity index (χ1n) is 7.25. The molecule has 23 heavy (non-hydrogen) atoms. The topological polar surface area (TPSA) is 58.2 Å². The Morgan fingerprint density at radius 3 is 2.04 bits per heavy atom. The summed E-state index contributed by atoms with van der Waals surface area (Å²) in [5.74, 6) is -1.99. The number of carbonyl (C=O) groups is 2. The maximum Gasteiger partial charge on any atom is 0.314 e. The lowest BCUT2D eigenvalue weighted by Gasteiger charge is -2.22. The molecular weight excluding hydrogens is 295 g/mol. The molecule has 5 heteroatoms. The fourth-order valence-corrected chi connectivity index (χ4v) is 2.15. The van der Waals surface area contributed by atoms with E-state index >= 15 is 0 Å². The minimum absolute atomic E-state index is 0.169. The molecule has 0 fully saturated rings. The third-order valence-electron chi connectivity index (χ3n) is 3.29. The zero-order valence-corrected chi connectivity index (χ0v) is 13.3. The molecule has 0 atom stereocenters. The van der Waals surface area contributed by atoms with Crippen LogP contribution in [-0.2, 0) is 15.0 Å². The second-order valence-electron chi connectivity index (χ2n) is 6.21. The van der Waals surface area contributed by atoms with E-state index in [1.54, 1.807) is 12.1 Å². The maximum absolute atomic E-state index is 12.8. The van der Waals surface area contributed by atoms with Crippen molar-refractivity contribution in [1.29, 1.82) is 0 Å². The molecule has 2 aromatic carbocycles. The fraction of sp³-hybridized carbons (Fsp3) is 0.222. The fourth-order valence-electron chi connectivity index (χ4n) is 2.15. The average molecular weight is 314 g/mol. The predicted octanol–water partition coefficient (Wildman–Crippen LogP) is 3.70. The van der Waals surface area contributed by atoms with Gasteiger partial charge in [0.2, 0.25) is 0 Å². The Labute approximate surface area is 134 Å². The number of carbonyl (C=O) groups excluding carboxylic acids is 2. The van der Waals surface area contributed by atoms with Crippen molar-refractivity contribution in [3.05, 3.63) is 59.9 Å². The molecule has 2 amide bonds. The Hall–Kier alpha value is -2.69. The Morgan fingerprint density at radius 1 is 0.870 bits per heavy atom. The molecule has 2 rings (SSSR count). The lowest BCUT2D eigenvalue weighted by Crippen LogP contribution is -2.30. The van der Waals surface area contributed by atoms with Crippen molar-refractivity contribution in [2.45, 2.75) is 26.2 Å². The van der Waals surface area contributed by atoms with Crippen molar-refractivity contribution in [2.75, 3.05) is 10.6 Å². The molecule has 0 aliphatic carbocycles. The number of hydrogen-bond acceptors (Lipinski definition) is 2. The third-order valence-corrected chi connectivity index (χ3v) is 3.29. The molecule has 0 heterocycles. The first-order chi connectivity index (χ1) is 10.8. The Morgan fingerprint density at radius 2 is 1.43 bits per heavy atom. The summed E-state index contributed by atoms with van der Waals surface area (Å²) in [5.41, 5.74) is 1.72. The molecule has 0 aliphatic rings. The first kappa shape index (κ1) is 16.7. The van der Waals surface area contributed by atoms with Gasteiger partial charge in [-0.3, -0.25) is 9.59 Å². The SMILES string of the molecule is CC(C)(C)c1ccccc1NC(=O)C(=O)Nc1ccc(F)cc1. The molecule has 0 saturated carbocycles. The summed E-state index contributed by atoms with van der Waals surface area (Å²) in [5, 5.41) is 5.05. The van der Waals surface area contributed by atoms with Gasteiger partial charge in [0.05, 0.1) is 0 Å². The van der Waals surface area contributed by atoms with Gasteiger partial charge < -0.3 is 10.6 Å². The quantitative estimate of drug-likeness (QED) is 0.830. The van der Waals surface area contributed by atoms with Crippen LogP contribution in [0.15, 0.2) is 48.5 Å². The highest BCUT2D eigenvalue weighted by Gasteiger charge is 2.21. The summed E-state index contributed by atoms with van der Waals surface area (Å²) < 4.78 is 12.8. The highest BCUT2D eigenvalue weighted by Crippen LogP contribution is 2.29. The molecule has 0 radical (unpaired) electrons. The van der Waals surface area contributed by atoms with Gasteiger partial charge in [0.25, 0.3) is 0 Å². The van der Waals surface area contributed by atoms with E-state index in [9.17, 15) is 14.0 Å². The highest BCUT2D eigenvalue weighted by atomic mass is 19.1. The maximum atomic E-state index is 12.8. The third kappa shape index (κ3) is 4.39. The van der Waals surface area contributed by atoms with Crippen molar-refractivity contribution in [1.82, 2.24) is 0 Å². The second kappa shape index (κ2) is 6.60. The van der Waals surface area contributed by atoms with Crippen molar-refractivity contribution in [3.8, 4) is 0 Å². The minimum Gasteiger partial charge on any atom is -0.318 e. The van der Waals surface area contributed by atoms with Gasteiger partial charge in [-0.1, -0.05) is 39.0 Å². The van der Waals surface area contributed by atoms with Gasteiger partial charge in [-0.15, -0.1) is 0 Å². The van der Waals surface area contributed by atoms with E-state index in [1.807, 2.05) is 32.9 Å². The van der Waals surface area contributed by atoms with Crippen LogP contribution in [0.1, 0.15) is 26.3 Å². The van der Waals surface area contributed by atoms with Crippen LogP contribution in [-0.4, -0.2) is 11.8 Å². The molecule has 0 aliphatic heterocycles. The molecule has 0 aromatic heterocycles. The number of para-hydroxylation sites is 1. The number of nitrogens with one attached hydrogen (secondary N) is 2. The monoisotopic (exact) mass is 314 g/mol. The zero-order chi connectivity index (χ0) is 17.0. The van der Waals surface area contributed by atoms with Gasteiger partial charge in [-0.2, -0.15) is 0 Å². The van der Waals surface area contributed by atoms with Crippen molar-refractivity contribution in [2.24, 2.45) is 0 Å². The summed E-state index contributed by atoms with van der Waals surface area (Å²) in [6, 6.07) is 12.5. The van der Waals surface area contributed by atoms with Gasteiger partial charge in [0, 0.05) is 11.4 Å². The van der Waals surface area contributed by atoms with Crippen LogP contribution in [0.5, 0.6) is 0 Å². The van der Waals surface area contributed by atoms with Crippen molar-refractivity contribution < 1.29 is 14.0 Å². The Bertz CT molecular complexity index is 719. The van der Waals surface area contributed by atoms with Crippen LogP contribution >= 0.6 is 0 Å². The summed E-state index contributed by atoms with van der Waals surface area (Å²) >= 11 is 0. The predicted molar refractivity (Wildman–Crippen MR) is 88.8 cm³/mol. The van der Waals surface area contributed by atoms with Crippen LogP contribution in [0.25, 0.3) is 0 Å². The standard InChI is InChI=1S/C18H19FN2O2/c1-18(2,3)14-6-4-5-7-15(14)21-17(23)16(22)20-13-10-8-12(19)9-11-13/h4-11H,1-3H3,(H,20,22)(H,21,23). The van der Waals surface area contributed by atoms with Gasteiger partial charge in [-0.25, -0.2) is 4.39 Å². The average Bonchev–Trinajstić information content (AvgIpc) is 2.49. The highest BCUT2D eigenvalue weighted by molar-refractivity contribution is 6.43. The van der Waals surface area contributed by atoms with Gasteiger partial charge in [-0.05, 0) is 41.3 Å². The lowest BCUT2D eigenvalue weighted by molar-refractivity contribution is -0.133. The number of amides is 2.